The molecule has 170 valence electrons. The summed E-state index contributed by atoms with van der Waals surface area (Å²) in [6.07, 6.45) is 3.11. The van der Waals surface area contributed by atoms with Crippen molar-refractivity contribution in [3.8, 4) is 5.75 Å². The summed E-state index contributed by atoms with van der Waals surface area (Å²) in [5, 5.41) is 2.43. The van der Waals surface area contributed by atoms with Gasteiger partial charge in [-0.1, -0.05) is 0 Å². The molecular formula is C21H22FN3O5S2. The van der Waals surface area contributed by atoms with Crippen molar-refractivity contribution in [1.29, 1.82) is 0 Å². The van der Waals surface area contributed by atoms with Crippen molar-refractivity contribution in [2.75, 3.05) is 13.1 Å². The molecule has 1 fully saturated rings. The maximum atomic E-state index is 12.9. The Bertz CT molecular complexity index is 1200. The van der Waals surface area contributed by atoms with Crippen LogP contribution in [0.3, 0.4) is 0 Å². The van der Waals surface area contributed by atoms with Crippen molar-refractivity contribution in [3.05, 3.63) is 64.1 Å². The number of sulfonamides is 1. The zero-order valence-electron chi connectivity index (χ0n) is 17.4. The Hall–Kier alpha value is -2.76. The number of ether oxygens (including phenoxy) is 2. The molecule has 0 atom stereocenters. The van der Waals surface area contributed by atoms with Crippen molar-refractivity contribution in [2.45, 2.75) is 31.0 Å². The van der Waals surface area contributed by atoms with E-state index in [1.165, 1.54) is 56.7 Å². The Morgan fingerprint density at radius 1 is 1.19 bits per heavy atom. The zero-order chi connectivity index (χ0) is 22.7. The molecule has 1 aliphatic heterocycles. The maximum Gasteiger partial charge on any atom is 0.355 e. The maximum absolute atomic E-state index is 12.9. The third-order valence-corrected chi connectivity index (χ3v) is 7.75. The van der Waals surface area contributed by atoms with E-state index in [4.69, 9.17) is 9.47 Å². The van der Waals surface area contributed by atoms with Gasteiger partial charge in [-0.05, 0) is 43.2 Å². The highest BCUT2D eigenvalue weighted by Crippen LogP contribution is 2.23. The first-order valence-electron chi connectivity index (χ1n) is 9.98. The smallest absolute Gasteiger partial charge is 0.355 e. The normalized spacial score (nSPS) is 14.6. The second-order valence-electron chi connectivity index (χ2n) is 7.33. The second-order valence-corrected chi connectivity index (χ2v) is 10.2. The van der Waals surface area contributed by atoms with Gasteiger partial charge in [0.05, 0.1) is 5.69 Å². The van der Waals surface area contributed by atoms with Gasteiger partial charge < -0.3 is 14.0 Å². The van der Waals surface area contributed by atoms with Crippen LogP contribution in [0.15, 0.2) is 46.8 Å². The first kappa shape index (κ1) is 22.4. The zero-order valence-corrected chi connectivity index (χ0v) is 19.0. The number of esters is 1. The van der Waals surface area contributed by atoms with Gasteiger partial charge in [0.25, 0.3) is 0 Å². The van der Waals surface area contributed by atoms with Gasteiger partial charge in [0, 0.05) is 31.7 Å². The third kappa shape index (κ3) is 5.00. The fraction of sp³-hybridized carbons (Fsp3) is 0.333. The number of hydrogen-bond acceptors (Lipinski definition) is 7. The van der Waals surface area contributed by atoms with Crippen molar-refractivity contribution < 1.29 is 27.1 Å². The van der Waals surface area contributed by atoms with Crippen LogP contribution >= 0.6 is 11.3 Å². The van der Waals surface area contributed by atoms with Gasteiger partial charge in [-0.2, -0.15) is 4.31 Å². The van der Waals surface area contributed by atoms with Crippen LogP contribution in [-0.2, 0) is 35.0 Å². The molecule has 1 aromatic carbocycles. The third-order valence-electron chi connectivity index (χ3n) is 5.02. The number of halogens is 1. The molecule has 0 spiro atoms. The molecule has 32 heavy (non-hydrogen) atoms. The first-order chi connectivity index (χ1) is 15.3. The van der Waals surface area contributed by atoms with Gasteiger partial charge in [-0.3, -0.25) is 0 Å². The Morgan fingerprint density at radius 3 is 2.62 bits per heavy atom. The van der Waals surface area contributed by atoms with Crippen molar-refractivity contribution in [3.63, 3.8) is 0 Å². The fourth-order valence-corrected chi connectivity index (χ4v) is 5.61. The van der Waals surface area contributed by atoms with Gasteiger partial charge >= 0.3 is 5.97 Å². The van der Waals surface area contributed by atoms with Gasteiger partial charge in [-0.15, -0.1) is 11.3 Å². The topological polar surface area (TPSA) is 90.7 Å². The average Bonchev–Trinajstić information content (AvgIpc) is 3.53. The fourth-order valence-electron chi connectivity index (χ4n) is 3.33. The van der Waals surface area contributed by atoms with E-state index >= 15 is 0 Å². The van der Waals surface area contributed by atoms with Crippen LogP contribution in [0.4, 0.5) is 4.39 Å². The Balaban J connectivity index is 1.34. The van der Waals surface area contributed by atoms with Crippen LogP contribution in [0.1, 0.15) is 34.0 Å². The van der Waals surface area contributed by atoms with E-state index in [2.05, 4.69) is 4.98 Å². The van der Waals surface area contributed by atoms with E-state index in [1.54, 1.807) is 12.4 Å². The number of thiazole rings is 1. The largest absolute Gasteiger partial charge is 0.486 e. The number of rotatable bonds is 8. The molecule has 4 rings (SSSR count). The summed E-state index contributed by atoms with van der Waals surface area (Å²) < 4.78 is 52.1. The molecule has 0 radical (unpaired) electrons. The molecule has 0 bridgehead atoms. The Morgan fingerprint density at radius 2 is 1.91 bits per heavy atom. The SMILES string of the molecule is Cn1cc(S(=O)(=O)N2CCCC2)cc1C(=O)OCc1csc(COc2ccc(F)cc2)n1. The summed E-state index contributed by atoms with van der Waals surface area (Å²) >= 11 is 1.35. The number of carbonyl (C=O) groups excluding carboxylic acids is 1. The van der Waals surface area contributed by atoms with E-state index in [0.29, 0.717) is 29.5 Å². The number of nitrogens with zero attached hydrogens (tertiary/aromatic N) is 3. The van der Waals surface area contributed by atoms with Crippen LogP contribution in [0.2, 0.25) is 0 Å². The summed E-state index contributed by atoms with van der Waals surface area (Å²) in [5.41, 5.74) is 0.707. The molecule has 1 saturated heterocycles. The molecule has 0 saturated carbocycles. The monoisotopic (exact) mass is 479 g/mol. The molecule has 0 N–H and O–H groups in total. The van der Waals surface area contributed by atoms with E-state index in [1.807, 2.05) is 0 Å². The highest BCUT2D eigenvalue weighted by molar-refractivity contribution is 7.89. The lowest BCUT2D eigenvalue weighted by atomic mass is 10.3. The first-order valence-corrected chi connectivity index (χ1v) is 12.3. The Labute approximate surface area is 189 Å². The van der Waals surface area contributed by atoms with E-state index in [9.17, 15) is 17.6 Å². The summed E-state index contributed by atoms with van der Waals surface area (Å²) in [6.45, 7) is 1.15. The minimum atomic E-state index is -3.61. The van der Waals surface area contributed by atoms with Gasteiger partial charge in [0.2, 0.25) is 10.0 Å². The number of hydrogen-bond donors (Lipinski definition) is 0. The molecule has 0 amide bonds. The quantitative estimate of drug-likeness (QED) is 0.460. The predicted molar refractivity (Wildman–Crippen MR) is 115 cm³/mol. The summed E-state index contributed by atoms with van der Waals surface area (Å²) in [5.74, 6) is -0.444. The summed E-state index contributed by atoms with van der Waals surface area (Å²) in [7, 11) is -2.01. The number of aromatic nitrogens is 2. The molecule has 11 heteroatoms. The van der Waals surface area contributed by atoms with E-state index < -0.39 is 16.0 Å². The molecule has 3 aromatic rings. The lowest BCUT2D eigenvalue weighted by molar-refractivity contribution is 0.0457. The molecule has 0 aliphatic carbocycles. The summed E-state index contributed by atoms with van der Waals surface area (Å²) in [6, 6.07) is 7.03. The van der Waals surface area contributed by atoms with Crippen LogP contribution in [0.5, 0.6) is 5.75 Å². The van der Waals surface area contributed by atoms with Gasteiger partial charge in [0.1, 0.15) is 40.4 Å². The van der Waals surface area contributed by atoms with Gasteiger partial charge in [-0.25, -0.2) is 22.6 Å². The van der Waals surface area contributed by atoms with Crippen LogP contribution in [0.25, 0.3) is 0 Å². The minimum absolute atomic E-state index is 0.0503. The predicted octanol–water partition coefficient (Wildman–Crippen LogP) is 3.34. The lowest BCUT2D eigenvalue weighted by Gasteiger charge is -2.13. The average molecular weight is 480 g/mol. The Kier molecular flexibility index (Phi) is 6.58. The lowest BCUT2D eigenvalue weighted by Crippen LogP contribution is -2.27. The molecule has 0 unspecified atom stereocenters. The van der Waals surface area contributed by atoms with Crippen molar-refractivity contribution >= 4 is 27.3 Å². The number of benzene rings is 1. The minimum Gasteiger partial charge on any atom is -0.486 e. The number of aryl methyl sites for hydroxylation is 1. The van der Waals surface area contributed by atoms with Crippen molar-refractivity contribution in [1.82, 2.24) is 13.9 Å². The van der Waals surface area contributed by atoms with Crippen LogP contribution in [-0.4, -0.2) is 41.3 Å². The van der Waals surface area contributed by atoms with E-state index in [0.717, 1.165) is 12.8 Å². The van der Waals surface area contributed by atoms with Crippen molar-refractivity contribution in [2.24, 2.45) is 7.05 Å². The van der Waals surface area contributed by atoms with E-state index in [-0.39, 0.29) is 29.6 Å². The highest BCUT2D eigenvalue weighted by Gasteiger charge is 2.29. The molecule has 3 heterocycles. The van der Waals surface area contributed by atoms with Gasteiger partial charge in [0.15, 0.2) is 0 Å². The second kappa shape index (κ2) is 9.39. The number of carbonyl (C=O) groups is 1. The molecule has 8 nitrogen and oxygen atoms in total. The highest BCUT2D eigenvalue weighted by atomic mass is 32.2. The molecule has 1 aliphatic rings. The molecule has 2 aromatic heterocycles. The summed E-state index contributed by atoms with van der Waals surface area (Å²) in [4.78, 5) is 17.0. The van der Waals surface area contributed by atoms with Crippen LogP contribution in [0, 0.1) is 5.82 Å². The van der Waals surface area contributed by atoms with Crippen LogP contribution < -0.4 is 4.74 Å². The molecular weight excluding hydrogens is 457 g/mol. The standard InChI is InChI=1S/C21H22FN3O5S2/c1-24-11-18(32(27,28)25-8-2-3-9-25)10-19(24)21(26)30-12-16-14-31-20(23-16)13-29-17-6-4-15(22)5-7-17/h4-7,10-11,14H,2-3,8-9,12-13H2,1H3.